The number of rotatable bonds is 3. The molecule has 0 saturated heterocycles. The molecule has 7 heteroatoms. The van der Waals surface area contributed by atoms with E-state index in [2.05, 4.69) is 26.0 Å². The molecule has 0 fully saturated rings. The zero-order chi connectivity index (χ0) is 11.7. The van der Waals surface area contributed by atoms with Gasteiger partial charge in [-0.2, -0.15) is 5.10 Å². The van der Waals surface area contributed by atoms with E-state index in [1.54, 1.807) is 28.7 Å². The van der Waals surface area contributed by atoms with Gasteiger partial charge >= 0.3 is 0 Å². The quantitative estimate of drug-likeness (QED) is 0.934. The summed E-state index contributed by atoms with van der Waals surface area (Å²) < 4.78 is 2.53. The minimum Gasteiger partial charge on any atom is -0.364 e. The Morgan fingerprint density at radius 1 is 1.69 bits per heavy atom. The lowest BCUT2D eigenvalue weighted by Gasteiger charge is -2.00. The molecule has 0 unspecified atom stereocenters. The van der Waals surface area contributed by atoms with Gasteiger partial charge in [0.1, 0.15) is 10.3 Å². The number of thioether (sulfide) groups is 1. The van der Waals surface area contributed by atoms with Crippen LogP contribution in [0.1, 0.15) is 10.5 Å². The molecule has 2 heterocycles. The summed E-state index contributed by atoms with van der Waals surface area (Å²) in [6.07, 6.45) is 3.58. The summed E-state index contributed by atoms with van der Waals surface area (Å²) in [5.74, 6) is 0.180. The van der Waals surface area contributed by atoms with E-state index in [9.17, 15) is 4.79 Å². The molecule has 0 aliphatic rings. The molecule has 0 aromatic carbocycles. The number of carbonyl (C=O) groups excluding carboxylic acids is 1. The van der Waals surface area contributed by atoms with E-state index in [1.165, 1.54) is 0 Å². The minimum atomic E-state index is -0.532. The second-order valence-corrected chi connectivity index (χ2v) is 4.75. The van der Waals surface area contributed by atoms with E-state index in [0.717, 1.165) is 15.5 Å². The van der Waals surface area contributed by atoms with Crippen LogP contribution in [0.5, 0.6) is 0 Å². The third kappa shape index (κ3) is 1.92. The Labute approximate surface area is 105 Å². The summed E-state index contributed by atoms with van der Waals surface area (Å²) in [4.78, 5) is 15.0. The van der Waals surface area contributed by atoms with E-state index in [0.29, 0.717) is 5.88 Å². The van der Waals surface area contributed by atoms with Crippen LogP contribution in [0, 0.1) is 0 Å². The van der Waals surface area contributed by atoms with Crippen molar-refractivity contribution in [3.8, 4) is 0 Å². The van der Waals surface area contributed by atoms with Crippen molar-refractivity contribution in [1.82, 2.24) is 14.8 Å². The van der Waals surface area contributed by atoms with Gasteiger partial charge in [0, 0.05) is 6.20 Å². The average molecular weight is 301 g/mol. The number of hydrogen-bond donors (Lipinski definition) is 1. The molecule has 0 atom stereocenters. The van der Waals surface area contributed by atoms with Crippen molar-refractivity contribution < 1.29 is 4.79 Å². The second kappa shape index (κ2) is 4.42. The van der Waals surface area contributed by atoms with Crippen LogP contribution < -0.4 is 5.73 Å². The normalized spacial score (nSPS) is 10.9. The van der Waals surface area contributed by atoms with E-state index < -0.39 is 5.91 Å². The highest BCUT2D eigenvalue weighted by molar-refractivity contribution is 9.10. The molecule has 5 nitrogen and oxygen atoms in total. The molecular formula is C9H9BrN4OS. The fourth-order valence-corrected chi connectivity index (χ4v) is 2.32. The minimum absolute atomic E-state index is 0.252. The van der Waals surface area contributed by atoms with Gasteiger partial charge in [-0.25, -0.2) is 0 Å². The molecule has 0 saturated carbocycles. The maximum Gasteiger partial charge on any atom is 0.267 e. The Bertz CT molecular complexity index is 554. The summed E-state index contributed by atoms with van der Waals surface area (Å²) in [5.41, 5.74) is 6.29. The Balaban J connectivity index is 2.64. The van der Waals surface area contributed by atoms with Crippen molar-refractivity contribution in [2.75, 3.05) is 6.26 Å². The summed E-state index contributed by atoms with van der Waals surface area (Å²) in [5, 5.41) is 5.17. The van der Waals surface area contributed by atoms with Crippen molar-refractivity contribution in [3.63, 3.8) is 0 Å². The number of nitrogens with two attached hydrogens (primary N) is 1. The number of pyridine rings is 1. The third-order valence-electron chi connectivity index (χ3n) is 2.09. The molecule has 0 radical (unpaired) electrons. The molecule has 16 heavy (non-hydrogen) atoms. The number of fused-ring (bicyclic) bond motifs is 1. The summed E-state index contributed by atoms with van der Waals surface area (Å²) in [7, 11) is 0. The summed E-state index contributed by atoms with van der Waals surface area (Å²) >= 11 is 4.99. The lowest BCUT2D eigenvalue weighted by Crippen LogP contribution is -2.12. The van der Waals surface area contributed by atoms with Gasteiger partial charge in [-0.1, -0.05) is 0 Å². The van der Waals surface area contributed by atoms with Crippen LogP contribution in [0.25, 0.3) is 10.9 Å². The maximum atomic E-state index is 11.0. The highest BCUT2D eigenvalue weighted by Crippen LogP contribution is 2.23. The lowest BCUT2D eigenvalue weighted by molar-refractivity contribution is 0.0996. The zero-order valence-electron chi connectivity index (χ0n) is 8.48. The first-order valence-corrected chi connectivity index (χ1v) is 6.63. The zero-order valence-corrected chi connectivity index (χ0v) is 10.9. The van der Waals surface area contributed by atoms with Gasteiger partial charge in [0.15, 0.2) is 0 Å². The first-order chi connectivity index (χ1) is 7.63. The third-order valence-corrected chi connectivity index (χ3v) is 3.18. The standard InChI is InChI=1S/C9H9BrN4OS/c1-16-4-14-7-2-6(9(11)15)12-3-5(7)8(10)13-14/h2-3H,4H2,1H3,(H2,11,15). The monoisotopic (exact) mass is 300 g/mol. The van der Waals surface area contributed by atoms with Crippen molar-refractivity contribution in [2.45, 2.75) is 5.88 Å². The smallest absolute Gasteiger partial charge is 0.267 e. The predicted octanol–water partition coefficient (Wildman–Crippen LogP) is 1.61. The number of carbonyl (C=O) groups is 1. The molecule has 0 spiro atoms. The van der Waals surface area contributed by atoms with Gasteiger partial charge in [0.25, 0.3) is 5.91 Å². The van der Waals surface area contributed by atoms with Crippen LogP contribution >= 0.6 is 27.7 Å². The molecule has 2 aromatic rings. The van der Waals surface area contributed by atoms with Crippen LogP contribution in [0.15, 0.2) is 16.9 Å². The van der Waals surface area contributed by atoms with Crippen molar-refractivity contribution in [1.29, 1.82) is 0 Å². The Hall–Kier alpha value is -1.08. The average Bonchev–Trinajstić information content (AvgIpc) is 2.56. The fraction of sp³-hybridized carbons (Fsp3) is 0.222. The molecule has 0 aliphatic carbocycles. The highest BCUT2D eigenvalue weighted by Gasteiger charge is 2.11. The van der Waals surface area contributed by atoms with Crippen LogP contribution in [0.3, 0.4) is 0 Å². The summed E-state index contributed by atoms with van der Waals surface area (Å²) in [6, 6.07) is 1.66. The van der Waals surface area contributed by atoms with Crippen molar-refractivity contribution >= 4 is 44.5 Å². The van der Waals surface area contributed by atoms with Crippen molar-refractivity contribution in [2.24, 2.45) is 5.73 Å². The van der Waals surface area contributed by atoms with Gasteiger partial charge in [0.05, 0.1) is 16.8 Å². The van der Waals surface area contributed by atoms with Crippen molar-refractivity contribution in [3.05, 3.63) is 22.6 Å². The second-order valence-electron chi connectivity index (χ2n) is 3.16. The lowest BCUT2D eigenvalue weighted by atomic mass is 10.3. The summed E-state index contributed by atoms with van der Waals surface area (Å²) in [6.45, 7) is 0. The van der Waals surface area contributed by atoms with Gasteiger partial charge in [0.2, 0.25) is 0 Å². The number of halogens is 1. The topological polar surface area (TPSA) is 73.8 Å². The van der Waals surface area contributed by atoms with Crippen LogP contribution in [-0.2, 0) is 5.88 Å². The van der Waals surface area contributed by atoms with Crippen LogP contribution in [0.4, 0.5) is 0 Å². The van der Waals surface area contributed by atoms with Gasteiger partial charge < -0.3 is 5.73 Å². The molecule has 84 valence electrons. The number of primary amides is 1. The Morgan fingerprint density at radius 2 is 2.44 bits per heavy atom. The van der Waals surface area contributed by atoms with Crippen LogP contribution in [0.2, 0.25) is 0 Å². The SMILES string of the molecule is CSCn1nc(Br)c2cnc(C(N)=O)cc21. The number of amides is 1. The largest absolute Gasteiger partial charge is 0.364 e. The predicted molar refractivity (Wildman–Crippen MR) is 67.3 cm³/mol. The molecule has 2 aromatic heterocycles. The Kier molecular flexibility index (Phi) is 3.15. The maximum absolute atomic E-state index is 11.0. The molecule has 1 amide bonds. The first kappa shape index (κ1) is 11.4. The molecule has 2 N–H and O–H groups in total. The van der Waals surface area contributed by atoms with E-state index in [1.807, 2.05) is 6.26 Å². The van der Waals surface area contributed by atoms with Gasteiger partial charge in [-0.05, 0) is 28.3 Å². The molecule has 0 bridgehead atoms. The first-order valence-electron chi connectivity index (χ1n) is 4.44. The number of aromatic nitrogens is 3. The highest BCUT2D eigenvalue weighted by atomic mass is 79.9. The molecule has 0 aliphatic heterocycles. The van der Waals surface area contributed by atoms with E-state index in [4.69, 9.17) is 5.73 Å². The van der Waals surface area contributed by atoms with E-state index in [-0.39, 0.29) is 5.69 Å². The fourth-order valence-electron chi connectivity index (χ4n) is 1.39. The number of nitrogens with zero attached hydrogens (tertiary/aromatic N) is 3. The molecular weight excluding hydrogens is 292 g/mol. The molecule has 2 rings (SSSR count). The van der Waals surface area contributed by atoms with E-state index >= 15 is 0 Å². The van der Waals surface area contributed by atoms with Gasteiger partial charge in [-0.3, -0.25) is 14.5 Å². The van der Waals surface area contributed by atoms with Crippen LogP contribution in [-0.4, -0.2) is 26.9 Å². The number of hydrogen-bond acceptors (Lipinski definition) is 4. The Morgan fingerprint density at radius 3 is 3.06 bits per heavy atom. The van der Waals surface area contributed by atoms with Gasteiger partial charge in [-0.15, -0.1) is 11.8 Å².